The molecule has 0 spiro atoms. The Balaban J connectivity index is 2.35. The molecule has 0 aliphatic carbocycles. The Bertz CT molecular complexity index is 343. The molecule has 0 saturated carbocycles. The predicted octanol–water partition coefficient (Wildman–Crippen LogP) is 2.30. The van der Waals surface area contributed by atoms with Gasteiger partial charge in [-0.15, -0.1) is 0 Å². The molecule has 5 nitrogen and oxygen atoms in total. The predicted molar refractivity (Wildman–Crippen MR) is 59.8 cm³/mol. The van der Waals surface area contributed by atoms with Gasteiger partial charge in [0.15, 0.2) is 0 Å². The van der Waals surface area contributed by atoms with Crippen molar-refractivity contribution < 1.29 is 9.53 Å². The van der Waals surface area contributed by atoms with Crippen molar-refractivity contribution in [3.8, 4) is 0 Å². The van der Waals surface area contributed by atoms with Crippen LogP contribution >= 0.6 is 11.5 Å². The monoisotopic (exact) mass is 229 g/mol. The van der Waals surface area contributed by atoms with Crippen LogP contribution in [-0.4, -0.2) is 16.1 Å². The fourth-order valence-corrected chi connectivity index (χ4v) is 1.45. The van der Waals surface area contributed by atoms with Crippen LogP contribution in [0.5, 0.6) is 0 Å². The third-order valence-corrected chi connectivity index (χ3v) is 2.11. The van der Waals surface area contributed by atoms with Crippen LogP contribution in [0.1, 0.15) is 26.5 Å². The van der Waals surface area contributed by atoms with Crippen molar-refractivity contribution in [2.24, 2.45) is 0 Å². The number of nitrogens with zero attached hydrogens (tertiary/aromatic N) is 1. The first-order valence-corrected chi connectivity index (χ1v) is 5.32. The van der Waals surface area contributed by atoms with E-state index in [0.717, 1.165) is 10.7 Å². The zero-order chi connectivity index (χ0) is 11.5. The second-order valence-electron chi connectivity index (χ2n) is 4.08. The number of ether oxygens (including phenoxy) is 1. The summed E-state index contributed by atoms with van der Waals surface area (Å²) in [6.45, 7) is 7.31. The molecule has 1 amide bonds. The van der Waals surface area contributed by atoms with Gasteiger partial charge in [0.05, 0.1) is 5.69 Å². The van der Waals surface area contributed by atoms with E-state index in [2.05, 4.69) is 15.2 Å². The number of carbonyl (C=O) groups is 1. The van der Waals surface area contributed by atoms with E-state index in [4.69, 9.17) is 4.74 Å². The number of hydrazine groups is 1. The van der Waals surface area contributed by atoms with Crippen molar-refractivity contribution in [1.82, 2.24) is 9.80 Å². The van der Waals surface area contributed by atoms with Gasteiger partial charge in [0, 0.05) is 0 Å². The first-order chi connectivity index (χ1) is 6.87. The first kappa shape index (κ1) is 11.8. The van der Waals surface area contributed by atoms with Gasteiger partial charge >= 0.3 is 6.09 Å². The van der Waals surface area contributed by atoms with Crippen LogP contribution in [0, 0.1) is 6.92 Å². The molecule has 6 heteroatoms. The summed E-state index contributed by atoms with van der Waals surface area (Å²) < 4.78 is 9.09. The Morgan fingerprint density at radius 2 is 2.20 bits per heavy atom. The highest BCUT2D eigenvalue weighted by atomic mass is 32.1. The van der Waals surface area contributed by atoms with E-state index in [9.17, 15) is 4.79 Å². The third-order valence-electron chi connectivity index (χ3n) is 1.31. The average molecular weight is 229 g/mol. The smallest absolute Gasteiger partial charge is 0.426 e. The summed E-state index contributed by atoms with van der Waals surface area (Å²) in [5.74, 6) is 0. The molecule has 0 saturated heterocycles. The van der Waals surface area contributed by atoms with E-state index in [1.54, 1.807) is 0 Å². The minimum absolute atomic E-state index is 0.491. The zero-order valence-corrected chi connectivity index (χ0v) is 10.1. The van der Waals surface area contributed by atoms with Crippen LogP contribution < -0.4 is 10.9 Å². The van der Waals surface area contributed by atoms with E-state index in [1.165, 1.54) is 11.5 Å². The van der Waals surface area contributed by atoms with Gasteiger partial charge in [-0.25, -0.2) is 10.2 Å². The maximum absolute atomic E-state index is 11.2. The van der Waals surface area contributed by atoms with E-state index in [-0.39, 0.29) is 0 Å². The van der Waals surface area contributed by atoms with Crippen molar-refractivity contribution in [1.29, 1.82) is 0 Å². The number of carbonyl (C=O) groups excluding carboxylic acids is 1. The minimum atomic E-state index is -0.506. The van der Waals surface area contributed by atoms with Gasteiger partial charge in [-0.2, -0.15) is 4.37 Å². The van der Waals surface area contributed by atoms with Gasteiger partial charge < -0.3 is 4.74 Å². The van der Waals surface area contributed by atoms with Gasteiger partial charge in [0.1, 0.15) is 10.6 Å². The number of aryl methyl sites for hydroxylation is 1. The van der Waals surface area contributed by atoms with E-state index in [1.807, 2.05) is 33.8 Å². The summed E-state index contributed by atoms with van der Waals surface area (Å²) in [7, 11) is 0. The number of aromatic nitrogens is 1. The topological polar surface area (TPSA) is 63.2 Å². The molecule has 0 aromatic carbocycles. The Morgan fingerprint density at radius 3 is 2.67 bits per heavy atom. The van der Waals surface area contributed by atoms with Gasteiger partial charge in [-0.1, -0.05) is 0 Å². The van der Waals surface area contributed by atoms with Crippen LogP contribution in [0.15, 0.2) is 6.07 Å². The highest BCUT2D eigenvalue weighted by Gasteiger charge is 2.15. The summed E-state index contributed by atoms with van der Waals surface area (Å²) in [6.07, 6.45) is -0.506. The van der Waals surface area contributed by atoms with Crippen molar-refractivity contribution in [3.05, 3.63) is 11.8 Å². The molecule has 15 heavy (non-hydrogen) atoms. The number of hydrogen-bond acceptors (Lipinski definition) is 5. The summed E-state index contributed by atoms with van der Waals surface area (Å²) >= 11 is 1.28. The number of anilines is 1. The number of rotatable bonds is 2. The second-order valence-corrected chi connectivity index (χ2v) is 4.89. The molecule has 1 aromatic heterocycles. The fourth-order valence-electron chi connectivity index (χ4n) is 0.839. The highest BCUT2D eigenvalue weighted by Crippen LogP contribution is 2.14. The van der Waals surface area contributed by atoms with Crippen molar-refractivity contribution >= 4 is 22.6 Å². The molecule has 0 aliphatic heterocycles. The molecule has 0 unspecified atom stereocenters. The van der Waals surface area contributed by atoms with Crippen LogP contribution in [0.25, 0.3) is 0 Å². The molecule has 1 aromatic rings. The molecular formula is C9H15N3O2S. The molecule has 0 atom stereocenters. The van der Waals surface area contributed by atoms with E-state index in [0.29, 0.717) is 0 Å². The molecule has 84 valence electrons. The van der Waals surface area contributed by atoms with Crippen LogP contribution in [0.2, 0.25) is 0 Å². The van der Waals surface area contributed by atoms with E-state index >= 15 is 0 Å². The molecule has 1 heterocycles. The lowest BCUT2D eigenvalue weighted by atomic mass is 10.2. The molecule has 1 rings (SSSR count). The first-order valence-electron chi connectivity index (χ1n) is 4.55. The highest BCUT2D eigenvalue weighted by molar-refractivity contribution is 7.10. The lowest BCUT2D eigenvalue weighted by Crippen LogP contribution is -2.35. The van der Waals surface area contributed by atoms with Crippen molar-refractivity contribution in [3.63, 3.8) is 0 Å². The average Bonchev–Trinajstić information content (AvgIpc) is 2.45. The molecule has 0 fully saturated rings. The Morgan fingerprint density at radius 1 is 1.53 bits per heavy atom. The van der Waals surface area contributed by atoms with Crippen molar-refractivity contribution in [2.45, 2.75) is 33.3 Å². The SMILES string of the molecule is Cc1cc(NNC(=O)OC(C)(C)C)sn1. The Hall–Kier alpha value is -1.30. The molecule has 0 bridgehead atoms. The third kappa shape index (κ3) is 4.64. The fraction of sp³-hybridized carbons (Fsp3) is 0.556. The van der Waals surface area contributed by atoms with Crippen LogP contribution in [-0.2, 0) is 4.74 Å². The van der Waals surface area contributed by atoms with Crippen LogP contribution in [0.4, 0.5) is 9.80 Å². The number of nitrogens with one attached hydrogen (secondary N) is 2. The normalized spacial score (nSPS) is 10.9. The quantitative estimate of drug-likeness (QED) is 0.764. The van der Waals surface area contributed by atoms with Gasteiger partial charge in [-0.05, 0) is 45.3 Å². The maximum atomic E-state index is 11.2. The molecule has 2 N–H and O–H groups in total. The van der Waals surface area contributed by atoms with Gasteiger partial charge in [-0.3, -0.25) is 5.43 Å². The lowest BCUT2D eigenvalue weighted by molar-refractivity contribution is 0.0541. The molecule has 0 radical (unpaired) electrons. The molecule has 0 aliphatic rings. The largest absolute Gasteiger partial charge is 0.443 e. The number of hydrogen-bond donors (Lipinski definition) is 2. The second kappa shape index (κ2) is 4.48. The molecular weight excluding hydrogens is 214 g/mol. The van der Waals surface area contributed by atoms with Gasteiger partial charge in [0.2, 0.25) is 0 Å². The van der Waals surface area contributed by atoms with Crippen molar-refractivity contribution in [2.75, 3.05) is 5.43 Å². The summed E-state index contributed by atoms with van der Waals surface area (Å²) in [5.41, 5.74) is 5.57. The Labute approximate surface area is 93.0 Å². The lowest BCUT2D eigenvalue weighted by Gasteiger charge is -2.19. The Kier molecular flexibility index (Phi) is 3.52. The minimum Gasteiger partial charge on any atom is -0.443 e. The maximum Gasteiger partial charge on any atom is 0.426 e. The van der Waals surface area contributed by atoms with Crippen LogP contribution in [0.3, 0.4) is 0 Å². The van der Waals surface area contributed by atoms with E-state index < -0.39 is 11.7 Å². The van der Waals surface area contributed by atoms with Gasteiger partial charge in [0.25, 0.3) is 0 Å². The zero-order valence-electron chi connectivity index (χ0n) is 9.25. The summed E-state index contributed by atoms with van der Waals surface area (Å²) in [6, 6.07) is 1.84. The standard InChI is InChI=1S/C9H15N3O2S/c1-6-5-7(15-12-6)10-11-8(13)14-9(2,3)4/h5,10H,1-4H3,(H,11,13). The summed E-state index contributed by atoms with van der Waals surface area (Å²) in [4.78, 5) is 11.2. The summed E-state index contributed by atoms with van der Waals surface area (Å²) in [5, 5.41) is 0.776. The number of amides is 1.